The van der Waals surface area contributed by atoms with Crippen molar-refractivity contribution < 1.29 is 9.90 Å². The number of carbonyl (C=O) groups is 1. The number of aromatic nitrogens is 4. The van der Waals surface area contributed by atoms with Crippen LogP contribution in [0.1, 0.15) is 70.7 Å². The van der Waals surface area contributed by atoms with Crippen molar-refractivity contribution in [3.63, 3.8) is 0 Å². The SMILES string of the molecule is CCCCCCCCCc1nnnn1C(C)C(=O)O. The van der Waals surface area contributed by atoms with Crippen molar-refractivity contribution in [3.8, 4) is 0 Å². The summed E-state index contributed by atoms with van der Waals surface area (Å²) in [4.78, 5) is 10.9. The van der Waals surface area contributed by atoms with Crippen molar-refractivity contribution in [1.29, 1.82) is 0 Å². The molecule has 1 unspecified atom stereocenters. The lowest BCUT2D eigenvalue weighted by Crippen LogP contribution is -2.19. The molecule has 0 fully saturated rings. The first-order valence-electron chi connectivity index (χ1n) is 7.16. The van der Waals surface area contributed by atoms with Crippen LogP contribution in [-0.4, -0.2) is 31.3 Å². The molecular formula is C13H24N4O2. The van der Waals surface area contributed by atoms with E-state index in [1.807, 2.05) is 0 Å². The lowest BCUT2D eigenvalue weighted by Gasteiger charge is -2.08. The first-order chi connectivity index (χ1) is 9.16. The Morgan fingerprint density at radius 1 is 1.21 bits per heavy atom. The van der Waals surface area contributed by atoms with Gasteiger partial charge in [-0.15, -0.1) is 5.10 Å². The highest BCUT2D eigenvalue weighted by Crippen LogP contribution is 2.11. The van der Waals surface area contributed by atoms with Crippen molar-refractivity contribution in [2.24, 2.45) is 0 Å². The molecule has 1 heterocycles. The summed E-state index contributed by atoms with van der Waals surface area (Å²) in [6.07, 6.45) is 9.32. The molecule has 1 N–H and O–H groups in total. The zero-order valence-corrected chi connectivity index (χ0v) is 11.9. The fourth-order valence-electron chi connectivity index (χ4n) is 2.02. The predicted octanol–water partition coefficient (Wildman–Crippen LogP) is 2.61. The molecule has 1 aromatic heterocycles. The summed E-state index contributed by atoms with van der Waals surface area (Å²) in [7, 11) is 0. The largest absolute Gasteiger partial charge is 0.480 e. The van der Waals surface area contributed by atoms with Gasteiger partial charge in [-0.1, -0.05) is 45.4 Å². The molecule has 6 nitrogen and oxygen atoms in total. The summed E-state index contributed by atoms with van der Waals surface area (Å²) in [6, 6.07) is -0.699. The van der Waals surface area contributed by atoms with Crippen LogP contribution in [0.15, 0.2) is 0 Å². The Labute approximate surface area is 114 Å². The molecule has 0 aromatic carbocycles. The third-order valence-corrected chi connectivity index (χ3v) is 3.29. The Bertz CT molecular complexity index is 378. The normalized spacial score (nSPS) is 12.5. The summed E-state index contributed by atoms with van der Waals surface area (Å²) >= 11 is 0. The van der Waals surface area contributed by atoms with Crippen LogP contribution in [0.4, 0.5) is 0 Å². The monoisotopic (exact) mass is 268 g/mol. The molecule has 108 valence electrons. The van der Waals surface area contributed by atoms with Gasteiger partial charge >= 0.3 is 5.97 Å². The van der Waals surface area contributed by atoms with E-state index in [0.717, 1.165) is 19.3 Å². The highest BCUT2D eigenvalue weighted by atomic mass is 16.4. The van der Waals surface area contributed by atoms with E-state index in [2.05, 4.69) is 22.4 Å². The van der Waals surface area contributed by atoms with E-state index in [1.54, 1.807) is 6.92 Å². The van der Waals surface area contributed by atoms with Crippen LogP contribution >= 0.6 is 0 Å². The minimum Gasteiger partial charge on any atom is -0.480 e. The van der Waals surface area contributed by atoms with Gasteiger partial charge in [0.05, 0.1) is 0 Å². The fraction of sp³-hybridized carbons (Fsp3) is 0.846. The highest BCUT2D eigenvalue weighted by Gasteiger charge is 2.18. The van der Waals surface area contributed by atoms with Gasteiger partial charge in [-0.3, -0.25) is 0 Å². The lowest BCUT2D eigenvalue weighted by atomic mass is 10.1. The molecule has 0 bridgehead atoms. The van der Waals surface area contributed by atoms with Gasteiger partial charge in [-0.25, -0.2) is 9.48 Å². The van der Waals surface area contributed by atoms with Crippen LogP contribution in [-0.2, 0) is 11.2 Å². The van der Waals surface area contributed by atoms with Gasteiger partial charge in [0.15, 0.2) is 5.82 Å². The molecule has 0 saturated heterocycles. The molecule has 0 aliphatic rings. The van der Waals surface area contributed by atoms with Crippen LogP contribution in [0, 0.1) is 0 Å². The van der Waals surface area contributed by atoms with Crippen molar-refractivity contribution in [1.82, 2.24) is 20.2 Å². The number of aryl methyl sites for hydroxylation is 1. The van der Waals surface area contributed by atoms with Crippen LogP contribution in [0.25, 0.3) is 0 Å². The van der Waals surface area contributed by atoms with Crippen molar-refractivity contribution in [2.75, 3.05) is 0 Å². The molecule has 0 saturated carbocycles. The number of aliphatic carboxylic acids is 1. The second kappa shape index (κ2) is 8.61. The van der Waals surface area contributed by atoms with Gasteiger partial charge in [0.2, 0.25) is 0 Å². The Morgan fingerprint density at radius 3 is 2.47 bits per heavy atom. The minimum absolute atomic E-state index is 0.670. The number of rotatable bonds is 10. The molecule has 1 aromatic rings. The second-order valence-corrected chi connectivity index (χ2v) is 4.93. The molecule has 0 amide bonds. The molecule has 1 rings (SSSR count). The van der Waals surface area contributed by atoms with E-state index < -0.39 is 12.0 Å². The standard InChI is InChI=1S/C13H24N4O2/c1-3-4-5-6-7-8-9-10-12-14-15-16-17(12)11(2)13(18)19/h11H,3-10H2,1-2H3,(H,18,19). The number of hydrogen-bond acceptors (Lipinski definition) is 4. The van der Waals surface area contributed by atoms with Gasteiger partial charge in [0, 0.05) is 6.42 Å². The third-order valence-electron chi connectivity index (χ3n) is 3.29. The van der Waals surface area contributed by atoms with Crippen LogP contribution in [0.5, 0.6) is 0 Å². The second-order valence-electron chi connectivity index (χ2n) is 4.93. The fourth-order valence-corrected chi connectivity index (χ4v) is 2.02. The Hall–Kier alpha value is -1.46. The summed E-state index contributed by atoms with van der Waals surface area (Å²) in [5, 5.41) is 20.2. The van der Waals surface area contributed by atoms with Gasteiger partial charge in [0.1, 0.15) is 6.04 Å². The number of nitrogens with zero attached hydrogens (tertiary/aromatic N) is 4. The van der Waals surface area contributed by atoms with E-state index in [0.29, 0.717) is 5.82 Å². The van der Waals surface area contributed by atoms with Crippen LogP contribution in [0.2, 0.25) is 0 Å². The first-order valence-corrected chi connectivity index (χ1v) is 7.16. The molecule has 6 heteroatoms. The summed E-state index contributed by atoms with van der Waals surface area (Å²) in [6.45, 7) is 3.80. The maximum Gasteiger partial charge on any atom is 0.328 e. The van der Waals surface area contributed by atoms with Gasteiger partial charge in [-0.2, -0.15) is 0 Å². The molecule has 19 heavy (non-hydrogen) atoms. The highest BCUT2D eigenvalue weighted by molar-refractivity contribution is 5.71. The average molecular weight is 268 g/mol. The number of carboxylic acid groups (broad SMARTS) is 1. The Kier molecular flexibility index (Phi) is 7.07. The minimum atomic E-state index is -0.909. The van der Waals surface area contributed by atoms with Crippen LogP contribution < -0.4 is 0 Å². The van der Waals surface area contributed by atoms with Crippen molar-refractivity contribution in [2.45, 2.75) is 71.3 Å². The van der Waals surface area contributed by atoms with Gasteiger partial charge in [-0.05, 0) is 23.8 Å². The first kappa shape index (κ1) is 15.6. The number of hydrogen-bond donors (Lipinski definition) is 1. The molecule has 0 aliphatic heterocycles. The van der Waals surface area contributed by atoms with E-state index in [4.69, 9.17) is 5.11 Å². The van der Waals surface area contributed by atoms with E-state index in [1.165, 1.54) is 36.8 Å². The van der Waals surface area contributed by atoms with Crippen molar-refractivity contribution >= 4 is 5.97 Å². The van der Waals surface area contributed by atoms with Crippen molar-refractivity contribution in [3.05, 3.63) is 5.82 Å². The third kappa shape index (κ3) is 5.36. The smallest absolute Gasteiger partial charge is 0.328 e. The Balaban J connectivity index is 2.26. The summed E-state index contributed by atoms with van der Waals surface area (Å²) in [5.74, 6) is -0.239. The lowest BCUT2D eigenvalue weighted by molar-refractivity contribution is -0.140. The topological polar surface area (TPSA) is 80.9 Å². The molecule has 0 aliphatic carbocycles. The zero-order chi connectivity index (χ0) is 14.1. The van der Waals surface area contributed by atoms with Gasteiger partial charge in [0.25, 0.3) is 0 Å². The maximum absolute atomic E-state index is 10.9. The van der Waals surface area contributed by atoms with E-state index in [-0.39, 0.29) is 0 Å². The number of tetrazole rings is 1. The quantitative estimate of drug-likeness (QED) is 0.660. The predicted molar refractivity (Wildman–Crippen MR) is 71.9 cm³/mol. The Morgan fingerprint density at radius 2 is 1.84 bits per heavy atom. The number of unbranched alkanes of at least 4 members (excludes halogenated alkanes) is 6. The van der Waals surface area contributed by atoms with E-state index in [9.17, 15) is 4.79 Å². The zero-order valence-electron chi connectivity index (χ0n) is 11.9. The molecular weight excluding hydrogens is 244 g/mol. The molecule has 0 radical (unpaired) electrons. The summed E-state index contributed by atoms with van der Waals surface area (Å²) < 4.78 is 1.40. The van der Waals surface area contributed by atoms with Crippen LogP contribution in [0.3, 0.4) is 0 Å². The van der Waals surface area contributed by atoms with E-state index >= 15 is 0 Å². The summed E-state index contributed by atoms with van der Waals surface area (Å²) in [5.41, 5.74) is 0. The molecule has 1 atom stereocenters. The average Bonchev–Trinajstić information content (AvgIpc) is 2.85. The number of carboxylic acids is 1. The maximum atomic E-state index is 10.9. The molecule has 0 spiro atoms. The van der Waals surface area contributed by atoms with Gasteiger partial charge < -0.3 is 5.11 Å².